The van der Waals surface area contributed by atoms with Gasteiger partial charge in [0.15, 0.2) is 11.5 Å². The van der Waals surface area contributed by atoms with Crippen molar-refractivity contribution >= 4 is 16.7 Å². The Morgan fingerprint density at radius 2 is 2.00 bits per heavy atom. The Labute approximate surface area is 146 Å². The molecule has 2 atom stereocenters. The van der Waals surface area contributed by atoms with Crippen LogP contribution in [0.1, 0.15) is 22.8 Å². The van der Waals surface area contributed by atoms with Gasteiger partial charge in [0.05, 0.1) is 7.05 Å². The van der Waals surface area contributed by atoms with Crippen LogP contribution in [-0.2, 0) is 6.54 Å². The van der Waals surface area contributed by atoms with E-state index >= 15 is 0 Å². The first kappa shape index (κ1) is 15.7. The first-order chi connectivity index (χ1) is 12.1. The average molecular weight is 337 g/mol. The lowest BCUT2D eigenvalue weighted by atomic mass is 10.0. The Morgan fingerprint density at radius 3 is 2.88 bits per heavy atom. The average Bonchev–Trinajstić information content (AvgIpc) is 3.26. The highest BCUT2D eigenvalue weighted by Gasteiger charge is 2.26. The van der Waals surface area contributed by atoms with Gasteiger partial charge >= 0.3 is 0 Å². The molecule has 1 aliphatic heterocycles. The van der Waals surface area contributed by atoms with Gasteiger partial charge in [-0.2, -0.15) is 0 Å². The van der Waals surface area contributed by atoms with Crippen molar-refractivity contribution in [1.82, 2.24) is 4.98 Å². The Kier molecular flexibility index (Phi) is 3.93. The quantitative estimate of drug-likeness (QED) is 0.702. The van der Waals surface area contributed by atoms with Crippen molar-refractivity contribution in [2.24, 2.45) is 0 Å². The van der Waals surface area contributed by atoms with E-state index < -0.39 is 0 Å². The lowest BCUT2D eigenvalue weighted by Crippen LogP contribution is -3.12. The molecule has 4 rings (SSSR count). The minimum Gasteiger partial charge on any atom is -0.454 e. The molecule has 2 N–H and O–H groups in total. The van der Waals surface area contributed by atoms with Crippen molar-refractivity contribution < 1.29 is 19.2 Å². The number of hydrogen-bond donors (Lipinski definition) is 2. The number of carbonyl (C=O) groups excluding carboxylic acids is 1. The highest BCUT2D eigenvalue weighted by Crippen LogP contribution is 2.32. The topological polar surface area (TPSA) is 55.8 Å². The number of benzene rings is 2. The number of aromatic nitrogens is 1. The van der Waals surface area contributed by atoms with Crippen LogP contribution in [0.5, 0.6) is 11.5 Å². The number of nitrogens with one attached hydrogen (secondary N) is 2. The van der Waals surface area contributed by atoms with E-state index in [1.807, 2.05) is 62.6 Å². The normalized spacial score (nSPS) is 15.3. The molecular weight excluding hydrogens is 316 g/mol. The Balaban J connectivity index is 1.51. The first-order valence-corrected chi connectivity index (χ1v) is 8.44. The summed E-state index contributed by atoms with van der Waals surface area (Å²) in [5.74, 6) is 1.71. The molecule has 3 aromatic rings. The summed E-state index contributed by atoms with van der Waals surface area (Å²) < 4.78 is 10.8. The molecule has 5 nitrogen and oxygen atoms in total. The lowest BCUT2D eigenvalue weighted by Gasteiger charge is -2.20. The van der Waals surface area contributed by atoms with E-state index in [0.29, 0.717) is 0 Å². The van der Waals surface area contributed by atoms with Crippen molar-refractivity contribution in [2.75, 3.05) is 13.8 Å². The molecule has 1 aromatic heterocycles. The second-order valence-electron chi connectivity index (χ2n) is 6.54. The van der Waals surface area contributed by atoms with E-state index in [4.69, 9.17) is 9.47 Å². The van der Waals surface area contributed by atoms with Crippen LogP contribution in [0.2, 0.25) is 0 Å². The minimum absolute atomic E-state index is 0.148. The molecule has 0 amide bonds. The number of carbonyl (C=O) groups is 1. The van der Waals surface area contributed by atoms with Crippen molar-refractivity contribution in [1.29, 1.82) is 0 Å². The molecule has 0 radical (unpaired) electrons. The molecule has 2 heterocycles. The highest BCUT2D eigenvalue weighted by molar-refractivity contribution is 6.09. The minimum atomic E-state index is -0.148. The second kappa shape index (κ2) is 6.26. The van der Waals surface area contributed by atoms with Gasteiger partial charge in [-0.1, -0.05) is 18.2 Å². The van der Waals surface area contributed by atoms with Crippen LogP contribution in [0, 0.1) is 0 Å². The largest absolute Gasteiger partial charge is 0.454 e. The molecule has 0 aliphatic carbocycles. The van der Waals surface area contributed by atoms with Gasteiger partial charge in [0.2, 0.25) is 12.6 Å². The molecule has 0 spiro atoms. The summed E-state index contributed by atoms with van der Waals surface area (Å²) in [5.41, 5.74) is 2.87. The number of aromatic amines is 1. The van der Waals surface area contributed by atoms with Gasteiger partial charge in [0, 0.05) is 28.2 Å². The summed E-state index contributed by atoms with van der Waals surface area (Å²) in [6, 6.07) is 13.7. The Bertz CT molecular complexity index is 932. The van der Waals surface area contributed by atoms with Crippen molar-refractivity contribution in [3.63, 3.8) is 0 Å². The van der Waals surface area contributed by atoms with Crippen LogP contribution in [0.3, 0.4) is 0 Å². The molecule has 0 saturated carbocycles. The molecule has 2 aromatic carbocycles. The van der Waals surface area contributed by atoms with Gasteiger partial charge in [-0.05, 0) is 31.2 Å². The SMILES string of the molecule is C[C@H](C(=O)c1c[nH]c2ccccc12)[NH+](C)Cc1ccc2c(c1)OCO2. The van der Waals surface area contributed by atoms with Gasteiger partial charge < -0.3 is 19.4 Å². The number of para-hydroxylation sites is 1. The maximum Gasteiger partial charge on any atom is 0.231 e. The summed E-state index contributed by atoms with van der Waals surface area (Å²) in [6.45, 7) is 3.00. The summed E-state index contributed by atoms with van der Waals surface area (Å²) in [6.07, 6.45) is 1.82. The molecule has 128 valence electrons. The summed E-state index contributed by atoms with van der Waals surface area (Å²) >= 11 is 0. The third-order valence-corrected chi connectivity index (χ3v) is 4.91. The van der Waals surface area contributed by atoms with E-state index in [1.165, 1.54) is 0 Å². The monoisotopic (exact) mass is 337 g/mol. The fourth-order valence-corrected chi connectivity index (χ4v) is 3.26. The van der Waals surface area contributed by atoms with Crippen LogP contribution in [0.15, 0.2) is 48.7 Å². The van der Waals surface area contributed by atoms with E-state index in [9.17, 15) is 4.79 Å². The number of likely N-dealkylation sites (N-methyl/N-ethyl adjacent to an activating group) is 1. The third kappa shape index (κ3) is 2.87. The predicted molar refractivity (Wildman–Crippen MR) is 95.2 cm³/mol. The van der Waals surface area contributed by atoms with Crippen LogP contribution >= 0.6 is 0 Å². The lowest BCUT2D eigenvalue weighted by molar-refractivity contribution is -0.907. The number of rotatable bonds is 5. The highest BCUT2D eigenvalue weighted by atomic mass is 16.7. The molecule has 25 heavy (non-hydrogen) atoms. The van der Waals surface area contributed by atoms with Gasteiger partial charge in [-0.15, -0.1) is 0 Å². The van der Waals surface area contributed by atoms with E-state index in [0.717, 1.165) is 45.0 Å². The zero-order chi connectivity index (χ0) is 17.4. The van der Waals surface area contributed by atoms with E-state index in [1.54, 1.807) is 0 Å². The van der Waals surface area contributed by atoms with Crippen LogP contribution < -0.4 is 14.4 Å². The summed E-state index contributed by atoms with van der Waals surface area (Å²) in [5, 5.41) is 0.982. The molecule has 5 heteroatoms. The first-order valence-electron chi connectivity index (χ1n) is 8.44. The second-order valence-corrected chi connectivity index (χ2v) is 6.54. The molecular formula is C20H21N2O3+. The molecule has 0 fully saturated rings. The van der Waals surface area contributed by atoms with Crippen LogP contribution in [0.25, 0.3) is 10.9 Å². The Hall–Kier alpha value is -2.79. The number of Topliss-reactive ketones (excluding diaryl/α,β-unsaturated/α-hetero) is 1. The van der Waals surface area contributed by atoms with Gasteiger partial charge in [-0.3, -0.25) is 4.79 Å². The number of ketones is 1. The van der Waals surface area contributed by atoms with Crippen molar-refractivity contribution in [3.05, 3.63) is 59.8 Å². The molecule has 0 saturated heterocycles. The van der Waals surface area contributed by atoms with Crippen LogP contribution in [0.4, 0.5) is 0 Å². The fourth-order valence-electron chi connectivity index (χ4n) is 3.26. The standard InChI is InChI=1S/C20H20N2O3/c1-13(20(23)16-10-21-17-6-4-3-5-15(16)17)22(2)11-14-7-8-18-19(9-14)25-12-24-18/h3-10,13,21H,11-12H2,1-2H3/p+1/t13-/m1/s1. The number of H-pyrrole nitrogens is 1. The van der Waals surface area contributed by atoms with Gasteiger partial charge in [0.1, 0.15) is 12.6 Å². The molecule has 1 unspecified atom stereocenters. The predicted octanol–water partition coefficient (Wildman–Crippen LogP) is 2.18. The van der Waals surface area contributed by atoms with Crippen LogP contribution in [-0.4, -0.2) is 30.6 Å². The Morgan fingerprint density at radius 1 is 1.20 bits per heavy atom. The molecule has 0 bridgehead atoms. The van der Waals surface area contributed by atoms with Gasteiger partial charge in [-0.25, -0.2) is 0 Å². The van der Waals surface area contributed by atoms with Crippen molar-refractivity contribution in [2.45, 2.75) is 19.5 Å². The van der Waals surface area contributed by atoms with Crippen molar-refractivity contribution in [3.8, 4) is 11.5 Å². The fraction of sp³-hybridized carbons (Fsp3) is 0.250. The number of hydrogen-bond acceptors (Lipinski definition) is 3. The smallest absolute Gasteiger partial charge is 0.231 e. The number of quaternary nitrogens is 1. The summed E-state index contributed by atoms with van der Waals surface area (Å²) in [7, 11) is 2.04. The van der Waals surface area contributed by atoms with E-state index in [-0.39, 0.29) is 18.6 Å². The molecule has 1 aliphatic rings. The third-order valence-electron chi connectivity index (χ3n) is 4.91. The zero-order valence-corrected chi connectivity index (χ0v) is 14.3. The van der Waals surface area contributed by atoms with E-state index in [2.05, 4.69) is 4.98 Å². The van der Waals surface area contributed by atoms with Gasteiger partial charge in [0.25, 0.3) is 0 Å². The maximum atomic E-state index is 13.0. The zero-order valence-electron chi connectivity index (χ0n) is 14.3. The number of ether oxygens (including phenoxy) is 2. The summed E-state index contributed by atoms with van der Waals surface area (Å²) in [4.78, 5) is 17.3. The maximum absolute atomic E-state index is 13.0. The number of fused-ring (bicyclic) bond motifs is 2.